The first-order chi connectivity index (χ1) is 8.88. The lowest BCUT2D eigenvalue weighted by Crippen LogP contribution is -2.21. The van der Waals surface area contributed by atoms with E-state index < -0.39 is 0 Å². The van der Waals surface area contributed by atoms with E-state index in [0.717, 1.165) is 18.8 Å². The Hall–Kier alpha value is -1.27. The van der Waals surface area contributed by atoms with Gasteiger partial charge >= 0.3 is 0 Å². The standard InChI is InChI=1S/C12H17N5S/c1-2-10(11-4-3-7-18-11)17-12(14-15-16-17)8-13-9-5-6-9/h3-4,7,9-10,13H,2,5-6,8H2,1H3. The Labute approximate surface area is 110 Å². The van der Waals surface area contributed by atoms with E-state index >= 15 is 0 Å². The molecule has 1 fully saturated rings. The molecule has 0 aromatic carbocycles. The van der Waals surface area contributed by atoms with Crippen LogP contribution < -0.4 is 5.32 Å². The van der Waals surface area contributed by atoms with Crippen LogP contribution in [0.4, 0.5) is 0 Å². The van der Waals surface area contributed by atoms with Crippen LogP contribution in [-0.4, -0.2) is 26.2 Å². The van der Waals surface area contributed by atoms with Crippen molar-refractivity contribution in [2.24, 2.45) is 0 Å². The smallest absolute Gasteiger partial charge is 0.165 e. The van der Waals surface area contributed by atoms with E-state index in [1.807, 2.05) is 4.68 Å². The summed E-state index contributed by atoms with van der Waals surface area (Å²) in [6, 6.07) is 5.17. The highest BCUT2D eigenvalue weighted by Gasteiger charge is 2.23. The fraction of sp³-hybridized carbons (Fsp3) is 0.583. The minimum absolute atomic E-state index is 0.260. The summed E-state index contributed by atoms with van der Waals surface area (Å²) in [7, 11) is 0. The van der Waals surface area contributed by atoms with Gasteiger partial charge in [-0.3, -0.25) is 0 Å². The summed E-state index contributed by atoms with van der Waals surface area (Å²) in [6.07, 6.45) is 3.56. The van der Waals surface area contributed by atoms with Crippen LogP contribution in [0.2, 0.25) is 0 Å². The zero-order chi connectivity index (χ0) is 12.4. The molecule has 1 atom stereocenters. The second kappa shape index (κ2) is 5.16. The number of thiophene rings is 1. The number of aromatic nitrogens is 4. The van der Waals surface area contributed by atoms with Gasteiger partial charge in [0.05, 0.1) is 12.6 Å². The maximum absolute atomic E-state index is 4.16. The zero-order valence-electron chi connectivity index (χ0n) is 10.4. The fourth-order valence-corrected chi connectivity index (χ4v) is 2.96. The first-order valence-corrected chi connectivity index (χ1v) is 7.30. The predicted octanol–water partition coefficient (Wildman–Crippen LogP) is 1.99. The number of nitrogens with one attached hydrogen (secondary N) is 1. The van der Waals surface area contributed by atoms with Gasteiger partial charge in [-0.25, -0.2) is 4.68 Å². The van der Waals surface area contributed by atoms with Gasteiger partial charge in [-0.05, 0) is 41.1 Å². The van der Waals surface area contributed by atoms with E-state index in [2.05, 4.69) is 45.3 Å². The second-order valence-corrected chi connectivity index (χ2v) is 5.61. The minimum Gasteiger partial charge on any atom is -0.307 e. The molecule has 1 unspecified atom stereocenters. The van der Waals surface area contributed by atoms with Crippen LogP contribution in [0.15, 0.2) is 17.5 Å². The summed E-state index contributed by atoms with van der Waals surface area (Å²) in [4.78, 5) is 1.32. The molecule has 2 heterocycles. The number of hydrogen-bond donors (Lipinski definition) is 1. The number of nitrogens with zero attached hydrogens (tertiary/aromatic N) is 4. The molecule has 3 rings (SSSR count). The Morgan fingerprint density at radius 3 is 3.11 bits per heavy atom. The molecular formula is C12H17N5S. The second-order valence-electron chi connectivity index (χ2n) is 4.63. The molecule has 0 spiro atoms. The summed E-state index contributed by atoms with van der Waals surface area (Å²) in [5, 5.41) is 17.7. The molecule has 5 nitrogen and oxygen atoms in total. The van der Waals surface area contributed by atoms with Crippen molar-refractivity contribution < 1.29 is 0 Å². The first-order valence-electron chi connectivity index (χ1n) is 6.42. The van der Waals surface area contributed by atoms with Gasteiger partial charge in [-0.1, -0.05) is 13.0 Å². The quantitative estimate of drug-likeness (QED) is 0.866. The molecule has 1 N–H and O–H groups in total. The maximum Gasteiger partial charge on any atom is 0.165 e. The fourth-order valence-electron chi connectivity index (χ4n) is 2.07. The lowest BCUT2D eigenvalue weighted by molar-refractivity contribution is 0.471. The van der Waals surface area contributed by atoms with Crippen molar-refractivity contribution in [1.29, 1.82) is 0 Å². The average Bonchev–Trinajstić information content (AvgIpc) is 2.89. The number of hydrogen-bond acceptors (Lipinski definition) is 5. The monoisotopic (exact) mass is 263 g/mol. The van der Waals surface area contributed by atoms with Crippen molar-refractivity contribution in [2.45, 2.75) is 44.8 Å². The summed E-state index contributed by atoms with van der Waals surface area (Å²) in [6.45, 7) is 2.93. The number of tetrazole rings is 1. The lowest BCUT2D eigenvalue weighted by Gasteiger charge is -2.15. The molecule has 0 saturated heterocycles. The molecule has 0 bridgehead atoms. The van der Waals surface area contributed by atoms with Crippen molar-refractivity contribution >= 4 is 11.3 Å². The molecule has 1 saturated carbocycles. The van der Waals surface area contributed by atoms with Gasteiger partial charge < -0.3 is 5.32 Å². The van der Waals surface area contributed by atoms with Crippen molar-refractivity contribution in [3.63, 3.8) is 0 Å². The summed E-state index contributed by atoms with van der Waals surface area (Å²) in [5.41, 5.74) is 0. The molecule has 0 amide bonds. The summed E-state index contributed by atoms with van der Waals surface area (Å²) < 4.78 is 1.96. The van der Waals surface area contributed by atoms with Gasteiger partial charge in [0.2, 0.25) is 0 Å². The molecule has 2 aromatic rings. The van der Waals surface area contributed by atoms with Gasteiger partial charge in [0.15, 0.2) is 5.82 Å². The Bertz CT molecular complexity index is 488. The topological polar surface area (TPSA) is 55.6 Å². The van der Waals surface area contributed by atoms with Gasteiger partial charge in [-0.15, -0.1) is 16.4 Å². The van der Waals surface area contributed by atoms with E-state index in [9.17, 15) is 0 Å². The van der Waals surface area contributed by atoms with Crippen LogP contribution in [0.1, 0.15) is 42.9 Å². The molecule has 1 aliphatic rings. The van der Waals surface area contributed by atoms with Crippen LogP contribution >= 0.6 is 11.3 Å². The van der Waals surface area contributed by atoms with E-state index in [0.29, 0.717) is 6.04 Å². The molecule has 96 valence electrons. The molecule has 0 radical (unpaired) electrons. The highest BCUT2D eigenvalue weighted by molar-refractivity contribution is 7.10. The van der Waals surface area contributed by atoms with E-state index in [1.165, 1.54) is 17.7 Å². The first kappa shape index (κ1) is 11.8. The van der Waals surface area contributed by atoms with Crippen molar-refractivity contribution in [2.75, 3.05) is 0 Å². The Morgan fingerprint density at radius 1 is 1.56 bits per heavy atom. The van der Waals surface area contributed by atoms with Crippen LogP contribution in [0, 0.1) is 0 Å². The molecule has 18 heavy (non-hydrogen) atoms. The van der Waals surface area contributed by atoms with Crippen LogP contribution in [0.3, 0.4) is 0 Å². The van der Waals surface area contributed by atoms with Gasteiger partial charge in [0.1, 0.15) is 0 Å². The minimum atomic E-state index is 0.260. The van der Waals surface area contributed by atoms with Crippen LogP contribution in [0.5, 0.6) is 0 Å². The summed E-state index contributed by atoms with van der Waals surface area (Å²) in [5.74, 6) is 0.933. The van der Waals surface area contributed by atoms with Crippen LogP contribution in [-0.2, 0) is 6.54 Å². The largest absolute Gasteiger partial charge is 0.307 e. The third-order valence-corrected chi connectivity index (χ3v) is 4.21. The Morgan fingerprint density at radius 2 is 2.44 bits per heavy atom. The molecular weight excluding hydrogens is 246 g/mol. The zero-order valence-corrected chi connectivity index (χ0v) is 11.2. The molecule has 0 aliphatic heterocycles. The van der Waals surface area contributed by atoms with Gasteiger partial charge in [0.25, 0.3) is 0 Å². The predicted molar refractivity (Wildman–Crippen MR) is 70.4 cm³/mol. The Balaban J connectivity index is 1.78. The van der Waals surface area contributed by atoms with E-state index in [-0.39, 0.29) is 6.04 Å². The molecule has 2 aromatic heterocycles. The van der Waals surface area contributed by atoms with Gasteiger partial charge in [0, 0.05) is 10.9 Å². The highest BCUT2D eigenvalue weighted by Crippen LogP contribution is 2.26. The van der Waals surface area contributed by atoms with Crippen molar-refractivity contribution in [3.05, 3.63) is 28.2 Å². The number of rotatable bonds is 6. The third-order valence-electron chi connectivity index (χ3n) is 3.24. The third kappa shape index (κ3) is 2.44. The lowest BCUT2D eigenvalue weighted by atomic mass is 10.2. The highest BCUT2D eigenvalue weighted by atomic mass is 32.1. The summed E-state index contributed by atoms with van der Waals surface area (Å²) >= 11 is 1.76. The van der Waals surface area contributed by atoms with Gasteiger partial charge in [-0.2, -0.15) is 0 Å². The van der Waals surface area contributed by atoms with E-state index in [4.69, 9.17) is 0 Å². The molecule has 6 heteroatoms. The van der Waals surface area contributed by atoms with Crippen LogP contribution in [0.25, 0.3) is 0 Å². The van der Waals surface area contributed by atoms with Crippen molar-refractivity contribution in [3.8, 4) is 0 Å². The maximum atomic E-state index is 4.16. The normalized spacial score (nSPS) is 16.9. The average molecular weight is 263 g/mol. The Kier molecular flexibility index (Phi) is 3.38. The SMILES string of the molecule is CCC(c1cccs1)n1nnnc1CNC1CC1. The van der Waals surface area contributed by atoms with E-state index in [1.54, 1.807) is 11.3 Å². The van der Waals surface area contributed by atoms with Crippen molar-refractivity contribution in [1.82, 2.24) is 25.5 Å². The molecule has 1 aliphatic carbocycles.